The van der Waals surface area contributed by atoms with Crippen LogP contribution in [0.25, 0.3) is 0 Å². The predicted octanol–water partition coefficient (Wildman–Crippen LogP) is 1.67. The van der Waals surface area contributed by atoms with Crippen molar-refractivity contribution in [2.24, 2.45) is 11.8 Å². The highest BCUT2D eigenvalue weighted by atomic mass is 35.5. The molecule has 2 amide bonds. The van der Waals surface area contributed by atoms with Crippen molar-refractivity contribution in [1.29, 1.82) is 0 Å². The summed E-state index contributed by atoms with van der Waals surface area (Å²) in [6.07, 6.45) is 5.01. The predicted molar refractivity (Wildman–Crippen MR) is 97.8 cm³/mol. The standard InChI is InChI=1S/C18H19ClN2O5S/c1-26-16-7-6-12(8-15(16)19)27(24,25)20-9-11(10-20)21-17(22)13-4-2-3-5-14(13)18(21)23/h2-3,6-8,11,13-14H,4-5,9-10H2,1H3/t13-,14-/m0/s1. The molecule has 0 spiro atoms. The third kappa shape index (κ3) is 2.86. The minimum Gasteiger partial charge on any atom is -0.495 e. The Morgan fingerprint density at radius 1 is 1.07 bits per heavy atom. The topological polar surface area (TPSA) is 84.0 Å². The van der Waals surface area contributed by atoms with Crippen LogP contribution in [0.15, 0.2) is 35.2 Å². The fourth-order valence-corrected chi connectivity index (χ4v) is 5.78. The normalized spacial score (nSPS) is 26.2. The smallest absolute Gasteiger partial charge is 0.243 e. The molecule has 0 saturated carbocycles. The lowest BCUT2D eigenvalue weighted by molar-refractivity contribution is -0.145. The van der Waals surface area contributed by atoms with Crippen LogP contribution in [0.2, 0.25) is 5.02 Å². The van der Waals surface area contributed by atoms with Gasteiger partial charge in [0.05, 0.1) is 34.9 Å². The van der Waals surface area contributed by atoms with E-state index in [-0.39, 0.29) is 46.7 Å². The Morgan fingerprint density at radius 2 is 1.67 bits per heavy atom. The maximum Gasteiger partial charge on any atom is 0.243 e. The van der Waals surface area contributed by atoms with Gasteiger partial charge in [0, 0.05) is 13.1 Å². The number of hydrogen-bond donors (Lipinski definition) is 0. The lowest BCUT2D eigenvalue weighted by atomic mass is 9.85. The summed E-state index contributed by atoms with van der Waals surface area (Å²) >= 11 is 6.03. The summed E-state index contributed by atoms with van der Waals surface area (Å²) in [6.45, 7) is 0.215. The first-order chi connectivity index (χ1) is 12.8. The van der Waals surface area contributed by atoms with Crippen LogP contribution in [0.1, 0.15) is 12.8 Å². The first-order valence-corrected chi connectivity index (χ1v) is 10.5. The molecule has 1 aromatic rings. The van der Waals surface area contributed by atoms with Crippen LogP contribution in [0.4, 0.5) is 0 Å². The third-order valence-electron chi connectivity index (χ3n) is 5.50. The summed E-state index contributed by atoms with van der Waals surface area (Å²) in [6, 6.07) is 3.87. The monoisotopic (exact) mass is 410 g/mol. The zero-order valence-corrected chi connectivity index (χ0v) is 16.2. The molecule has 2 fully saturated rings. The first kappa shape index (κ1) is 18.5. The summed E-state index contributed by atoms with van der Waals surface area (Å²) in [5.74, 6) is -0.559. The summed E-state index contributed by atoms with van der Waals surface area (Å²) in [5.41, 5.74) is 0. The Morgan fingerprint density at radius 3 is 2.19 bits per heavy atom. The van der Waals surface area contributed by atoms with Crippen LogP contribution in [-0.2, 0) is 19.6 Å². The Kier molecular flexibility index (Phi) is 4.52. The Balaban J connectivity index is 1.48. The van der Waals surface area contributed by atoms with E-state index in [0.717, 1.165) is 0 Å². The number of methoxy groups -OCH3 is 1. The molecule has 2 saturated heterocycles. The average Bonchev–Trinajstić information content (AvgIpc) is 2.86. The highest BCUT2D eigenvalue weighted by molar-refractivity contribution is 7.89. The molecule has 3 aliphatic rings. The quantitative estimate of drug-likeness (QED) is 0.557. The van der Waals surface area contributed by atoms with Crippen LogP contribution >= 0.6 is 11.6 Å². The zero-order chi connectivity index (χ0) is 19.3. The second kappa shape index (κ2) is 6.61. The number of ether oxygens (including phenoxy) is 1. The van der Waals surface area contributed by atoms with Gasteiger partial charge in [-0.05, 0) is 31.0 Å². The van der Waals surface area contributed by atoms with E-state index in [2.05, 4.69) is 0 Å². The second-order valence-corrected chi connectivity index (χ2v) is 9.32. The molecule has 0 radical (unpaired) electrons. The number of sulfonamides is 1. The van der Waals surface area contributed by atoms with Crippen molar-refractivity contribution < 1.29 is 22.7 Å². The molecule has 2 heterocycles. The largest absolute Gasteiger partial charge is 0.495 e. The number of benzene rings is 1. The Labute approximate surface area is 162 Å². The van der Waals surface area contributed by atoms with Crippen molar-refractivity contribution in [3.63, 3.8) is 0 Å². The molecule has 27 heavy (non-hydrogen) atoms. The molecule has 7 nitrogen and oxygen atoms in total. The summed E-state index contributed by atoms with van der Waals surface area (Å²) in [7, 11) is -2.29. The number of carbonyl (C=O) groups is 2. The van der Waals surface area contributed by atoms with E-state index >= 15 is 0 Å². The zero-order valence-electron chi connectivity index (χ0n) is 14.7. The van der Waals surface area contributed by atoms with Gasteiger partial charge >= 0.3 is 0 Å². The summed E-state index contributed by atoms with van der Waals surface area (Å²) in [4.78, 5) is 26.5. The van der Waals surface area contributed by atoms with Crippen LogP contribution in [0.5, 0.6) is 5.75 Å². The van der Waals surface area contributed by atoms with Gasteiger partial charge in [0.15, 0.2) is 0 Å². The molecule has 0 aromatic heterocycles. The lowest BCUT2D eigenvalue weighted by Gasteiger charge is -2.42. The van der Waals surface area contributed by atoms with Crippen LogP contribution in [0.3, 0.4) is 0 Å². The molecular weight excluding hydrogens is 392 g/mol. The van der Waals surface area contributed by atoms with E-state index in [1.807, 2.05) is 12.2 Å². The van der Waals surface area contributed by atoms with Gasteiger partial charge in [-0.25, -0.2) is 8.42 Å². The molecule has 0 bridgehead atoms. The Bertz CT molecular complexity index is 913. The molecular formula is C18H19ClN2O5S. The number of likely N-dealkylation sites (tertiary alicyclic amines) is 1. The van der Waals surface area contributed by atoms with Crippen LogP contribution < -0.4 is 4.74 Å². The molecule has 0 N–H and O–H groups in total. The SMILES string of the molecule is COc1ccc(S(=O)(=O)N2CC(N3C(=O)[C@H]4CC=CC[C@@H]4C3=O)C2)cc1Cl. The van der Waals surface area contributed by atoms with Gasteiger partial charge in [0.2, 0.25) is 21.8 Å². The highest BCUT2D eigenvalue weighted by Crippen LogP contribution is 2.38. The van der Waals surface area contributed by atoms with E-state index in [4.69, 9.17) is 16.3 Å². The number of rotatable bonds is 4. The van der Waals surface area contributed by atoms with Gasteiger partial charge in [0.25, 0.3) is 0 Å². The van der Waals surface area contributed by atoms with Gasteiger partial charge in [0.1, 0.15) is 5.75 Å². The van der Waals surface area contributed by atoms with Gasteiger partial charge in [-0.3, -0.25) is 14.5 Å². The molecule has 2 aliphatic heterocycles. The number of nitrogens with zero attached hydrogens (tertiary/aromatic N) is 2. The summed E-state index contributed by atoms with van der Waals surface area (Å²) in [5, 5.41) is 0.206. The minimum atomic E-state index is -3.74. The van der Waals surface area contributed by atoms with Crippen LogP contribution in [0, 0.1) is 11.8 Å². The van der Waals surface area contributed by atoms with E-state index in [9.17, 15) is 18.0 Å². The van der Waals surface area contributed by atoms with E-state index in [1.54, 1.807) is 0 Å². The molecule has 0 unspecified atom stereocenters. The number of imide groups is 1. The fraction of sp³-hybridized carbons (Fsp3) is 0.444. The van der Waals surface area contributed by atoms with Gasteiger partial charge in [-0.15, -0.1) is 0 Å². The summed E-state index contributed by atoms with van der Waals surface area (Å²) < 4.78 is 31.8. The molecule has 9 heteroatoms. The number of allylic oxidation sites excluding steroid dienone is 2. The molecule has 4 rings (SSSR count). The molecule has 1 aromatic carbocycles. The number of fused-ring (bicyclic) bond motifs is 1. The fourth-order valence-electron chi connectivity index (χ4n) is 3.92. The van der Waals surface area contributed by atoms with Crippen molar-refractivity contribution in [2.45, 2.75) is 23.8 Å². The van der Waals surface area contributed by atoms with E-state index < -0.39 is 16.1 Å². The number of hydrogen-bond acceptors (Lipinski definition) is 5. The maximum atomic E-state index is 12.8. The molecule has 1 aliphatic carbocycles. The van der Waals surface area contributed by atoms with Crippen molar-refractivity contribution in [2.75, 3.05) is 20.2 Å². The van der Waals surface area contributed by atoms with E-state index in [0.29, 0.717) is 18.6 Å². The first-order valence-electron chi connectivity index (χ1n) is 8.70. The molecule has 144 valence electrons. The number of amides is 2. The Hall–Kier alpha value is -1.90. The number of halogens is 1. The maximum absolute atomic E-state index is 12.8. The van der Waals surface area contributed by atoms with Crippen molar-refractivity contribution >= 4 is 33.4 Å². The minimum absolute atomic E-state index is 0.0590. The van der Waals surface area contributed by atoms with E-state index in [1.165, 1.54) is 34.5 Å². The van der Waals surface area contributed by atoms with Gasteiger partial charge in [-0.1, -0.05) is 23.8 Å². The van der Waals surface area contributed by atoms with Crippen LogP contribution in [-0.4, -0.2) is 55.7 Å². The van der Waals surface area contributed by atoms with Crippen molar-refractivity contribution in [3.05, 3.63) is 35.4 Å². The van der Waals surface area contributed by atoms with Gasteiger partial charge in [-0.2, -0.15) is 4.31 Å². The van der Waals surface area contributed by atoms with Gasteiger partial charge < -0.3 is 4.74 Å². The highest BCUT2D eigenvalue weighted by Gasteiger charge is 2.53. The second-order valence-electron chi connectivity index (χ2n) is 6.97. The number of carbonyl (C=O) groups excluding carboxylic acids is 2. The third-order valence-corrected chi connectivity index (χ3v) is 7.62. The van der Waals surface area contributed by atoms with Crippen molar-refractivity contribution in [1.82, 2.24) is 9.21 Å². The molecule has 2 atom stereocenters. The average molecular weight is 411 g/mol. The van der Waals surface area contributed by atoms with Crippen molar-refractivity contribution in [3.8, 4) is 5.75 Å². The lowest BCUT2D eigenvalue weighted by Crippen LogP contribution is -2.62.